The van der Waals surface area contributed by atoms with E-state index in [0.29, 0.717) is 31.8 Å². The van der Waals surface area contributed by atoms with E-state index in [0.717, 1.165) is 12.1 Å². The summed E-state index contributed by atoms with van der Waals surface area (Å²) in [5.41, 5.74) is 0. The first-order valence-corrected chi connectivity index (χ1v) is 8.81. The molecule has 22 heavy (non-hydrogen) atoms. The summed E-state index contributed by atoms with van der Waals surface area (Å²) in [6.07, 6.45) is 1.14. The van der Waals surface area contributed by atoms with Crippen molar-refractivity contribution >= 4 is 15.9 Å². The maximum atomic E-state index is 13.0. The number of nitrogens with one attached hydrogen (secondary N) is 1. The predicted molar refractivity (Wildman–Crippen MR) is 81.2 cm³/mol. The number of nitrogens with zero attached hydrogens (tertiary/aromatic N) is 1. The number of carbonyl (C=O) groups is 1. The van der Waals surface area contributed by atoms with Crippen molar-refractivity contribution in [2.45, 2.75) is 37.6 Å². The Hall–Kier alpha value is -1.47. The minimum absolute atomic E-state index is 0.0115. The Labute approximate surface area is 130 Å². The van der Waals surface area contributed by atoms with Gasteiger partial charge in [-0.05, 0) is 43.0 Å². The lowest BCUT2D eigenvalue weighted by Crippen LogP contribution is -2.46. The smallest absolute Gasteiger partial charge is 0.243 e. The number of benzene rings is 1. The maximum Gasteiger partial charge on any atom is 0.243 e. The second-order valence-corrected chi connectivity index (χ2v) is 7.76. The summed E-state index contributed by atoms with van der Waals surface area (Å²) in [4.78, 5) is 12.2. The molecule has 0 radical (unpaired) electrons. The van der Waals surface area contributed by atoms with E-state index >= 15 is 0 Å². The first kappa shape index (κ1) is 16.9. The first-order valence-electron chi connectivity index (χ1n) is 7.37. The van der Waals surface area contributed by atoms with Crippen molar-refractivity contribution in [1.82, 2.24) is 9.62 Å². The van der Waals surface area contributed by atoms with Crippen molar-refractivity contribution in [1.29, 1.82) is 0 Å². The number of sulfonamides is 1. The van der Waals surface area contributed by atoms with E-state index in [9.17, 15) is 17.6 Å². The summed E-state index contributed by atoms with van der Waals surface area (Å²) in [5.74, 6) is -0.462. The van der Waals surface area contributed by atoms with Gasteiger partial charge in [0.05, 0.1) is 4.90 Å². The SMILES string of the molecule is CC(C)CNC(=O)[C@H]1CCCN1S(=O)(=O)c1ccc(F)cc1. The molecule has 1 amide bonds. The molecule has 7 heteroatoms. The van der Waals surface area contributed by atoms with Crippen LogP contribution in [0.1, 0.15) is 26.7 Å². The van der Waals surface area contributed by atoms with Crippen LogP contribution in [0, 0.1) is 11.7 Å². The Morgan fingerprint density at radius 2 is 2.00 bits per heavy atom. The lowest BCUT2D eigenvalue weighted by Gasteiger charge is -2.23. The molecule has 0 bridgehead atoms. The molecule has 2 rings (SSSR count). The Kier molecular flexibility index (Phi) is 5.18. The zero-order valence-corrected chi connectivity index (χ0v) is 13.6. The quantitative estimate of drug-likeness (QED) is 0.895. The Balaban J connectivity index is 2.18. The largest absolute Gasteiger partial charge is 0.354 e. The molecule has 0 aromatic heterocycles. The van der Waals surface area contributed by atoms with Crippen LogP contribution in [0.15, 0.2) is 29.2 Å². The van der Waals surface area contributed by atoms with Crippen LogP contribution in [0.3, 0.4) is 0 Å². The van der Waals surface area contributed by atoms with Crippen LogP contribution in [0.25, 0.3) is 0 Å². The van der Waals surface area contributed by atoms with E-state index in [1.165, 1.54) is 16.4 Å². The van der Waals surface area contributed by atoms with Gasteiger partial charge < -0.3 is 5.32 Å². The van der Waals surface area contributed by atoms with Gasteiger partial charge in [0.1, 0.15) is 11.9 Å². The number of carbonyl (C=O) groups excluding carboxylic acids is 1. The first-order chi connectivity index (χ1) is 10.3. The predicted octanol–water partition coefficient (Wildman–Crippen LogP) is 1.75. The van der Waals surface area contributed by atoms with E-state index in [1.807, 2.05) is 13.8 Å². The molecule has 122 valence electrons. The van der Waals surface area contributed by atoms with E-state index in [1.54, 1.807) is 0 Å². The van der Waals surface area contributed by atoms with Gasteiger partial charge in [0.2, 0.25) is 15.9 Å². The van der Waals surface area contributed by atoms with Gasteiger partial charge in [-0.3, -0.25) is 4.79 Å². The summed E-state index contributed by atoms with van der Waals surface area (Å²) in [6, 6.07) is 3.99. The highest BCUT2D eigenvalue weighted by molar-refractivity contribution is 7.89. The fourth-order valence-electron chi connectivity index (χ4n) is 2.45. The zero-order chi connectivity index (χ0) is 16.3. The van der Waals surface area contributed by atoms with Crippen molar-refractivity contribution in [3.05, 3.63) is 30.1 Å². The summed E-state index contributed by atoms with van der Waals surface area (Å²) < 4.78 is 39.4. The molecule has 1 N–H and O–H groups in total. The second kappa shape index (κ2) is 6.75. The monoisotopic (exact) mass is 328 g/mol. The number of halogens is 1. The van der Waals surface area contributed by atoms with Crippen LogP contribution >= 0.6 is 0 Å². The Bertz CT molecular complexity index is 629. The molecule has 0 spiro atoms. The third-order valence-electron chi connectivity index (χ3n) is 3.61. The van der Waals surface area contributed by atoms with E-state index < -0.39 is 21.9 Å². The molecule has 1 aliphatic heterocycles. The van der Waals surface area contributed by atoms with Crippen LogP contribution in [-0.4, -0.2) is 37.8 Å². The topological polar surface area (TPSA) is 66.5 Å². The molecule has 0 aliphatic carbocycles. The van der Waals surface area contributed by atoms with Crippen LogP contribution in [0.5, 0.6) is 0 Å². The van der Waals surface area contributed by atoms with E-state index in [2.05, 4.69) is 5.32 Å². The minimum atomic E-state index is -3.78. The molecule has 1 heterocycles. The third kappa shape index (κ3) is 3.64. The molecule has 0 saturated carbocycles. The average Bonchev–Trinajstić information content (AvgIpc) is 2.95. The molecule has 1 atom stereocenters. The molecule has 1 fully saturated rings. The van der Waals surface area contributed by atoms with Crippen molar-refractivity contribution in [3.8, 4) is 0 Å². The van der Waals surface area contributed by atoms with Gasteiger partial charge in [-0.2, -0.15) is 4.31 Å². The van der Waals surface area contributed by atoms with Gasteiger partial charge in [-0.25, -0.2) is 12.8 Å². The Morgan fingerprint density at radius 3 is 2.59 bits per heavy atom. The highest BCUT2D eigenvalue weighted by atomic mass is 32.2. The van der Waals surface area contributed by atoms with E-state index in [-0.39, 0.29) is 10.8 Å². The van der Waals surface area contributed by atoms with Crippen molar-refractivity contribution in [3.63, 3.8) is 0 Å². The van der Waals surface area contributed by atoms with Crippen molar-refractivity contribution in [2.75, 3.05) is 13.1 Å². The number of hydrogen-bond acceptors (Lipinski definition) is 3. The lowest BCUT2D eigenvalue weighted by atomic mass is 10.2. The van der Waals surface area contributed by atoms with Gasteiger partial charge in [-0.1, -0.05) is 13.8 Å². The van der Waals surface area contributed by atoms with Crippen LogP contribution in [0.2, 0.25) is 0 Å². The highest BCUT2D eigenvalue weighted by Gasteiger charge is 2.39. The maximum absolute atomic E-state index is 13.0. The van der Waals surface area contributed by atoms with Gasteiger partial charge in [-0.15, -0.1) is 0 Å². The van der Waals surface area contributed by atoms with Gasteiger partial charge in [0, 0.05) is 13.1 Å². The fourth-order valence-corrected chi connectivity index (χ4v) is 4.11. The molecule has 0 unspecified atom stereocenters. The number of rotatable bonds is 5. The standard InChI is InChI=1S/C15H21FN2O3S/c1-11(2)10-17-15(19)14-4-3-9-18(14)22(20,21)13-7-5-12(16)6-8-13/h5-8,11,14H,3-4,9-10H2,1-2H3,(H,17,19)/t14-/m1/s1. The molecule has 1 saturated heterocycles. The summed E-state index contributed by atoms with van der Waals surface area (Å²) >= 11 is 0. The average molecular weight is 328 g/mol. The normalized spacial score (nSPS) is 19.5. The van der Waals surface area contributed by atoms with Gasteiger partial charge >= 0.3 is 0 Å². The molecular weight excluding hydrogens is 307 g/mol. The van der Waals surface area contributed by atoms with Gasteiger partial charge in [0.25, 0.3) is 0 Å². The van der Waals surface area contributed by atoms with Crippen LogP contribution in [0.4, 0.5) is 4.39 Å². The summed E-state index contributed by atoms with van der Waals surface area (Å²) in [5, 5.41) is 2.78. The lowest BCUT2D eigenvalue weighted by molar-refractivity contribution is -0.124. The molecule has 1 aliphatic rings. The molecule has 1 aromatic carbocycles. The Morgan fingerprint density at radius 1 is 1.36 bits per heavy atom. The molecule has 1 aromatic rings. The summed E-state index contributed by atoms with van der Waals surface area (Å²) in [6.45, 7) is 4.77. The zero-order valence-electron chi connectivity index (χ0n) is 12.8. The molecular formula is C15H21FN2O3S. The third-order valence-corrected chi connectivity index (χ3v) is 5.53. The fraction of sp³-hybridized carbons (Fsp3) is 0.533. The van der Waals surface area contributed by atoms with Gasteiger partial charge in [0.15, 0.2) is 0 Å². The second-order valence-electron chi connectivity index (χ2n) is 5.87. The minimum Gasteiger partial charge on any atom is -0.354 e. The van der Waals surface area contributed by atoms with Crippen LogP contribution in [-0.2, 0) is 14.8 Å². The van der Waals surface area contributed by atoms with Crippen LogP contribution < -0.4 is 5.32 Å². The summed E-state index contributed by atoms with van der Waals surface area (Å²) in [7, 11) is -3.78. The van der Waals surface area contributed by atoms with Crippen molar-refractivity contribution in [2.24, 2.45) is 5.92 Å². The number of hydrogen-bond donors (Lipinski definition) is 1. The number of amides is 1. The van der Waals surface area contributed by atoms with E-state index in [4.69, 9.17) is 0 Å². The highest BCUT2D eigenvalue weighted by Crippen LogP contribution is 2.26. The van der Waals surface area contributed by atoms with Crippen molar-refractivity contribution < 1.29 is 17.6 Å². The molecule has 5 nitrogen and oxygen atoms in total.